The van der Waals surface area contributed by atoms with Crippen LogP contribution in [0, 0.1) is 17.9 Å². The lowest BCUT2D eigenvalue weighted by Gasteiger charge is -2.22. The molecule has 0 bridgehead atoms. The van der Waals surface area contributed by atoms with Gasteiger partial charge in [-0.1, -0.05) is 129 Å². The molecule has 0 spiro atoms. The van der Waals surface area contributed by atoms with Crippen molar-refractivity contribution in [3.05, 3.63) is 150 Å². The van der Waals surface area contributed by atoms with Crippen molar-refractivity contribution in [3.63, 3.8) is 0 Å². The van der Waals surface area contributed by atoms with E-state index in [1.165, 1.54) is 13.8 Å². The predicted molar refractivity (Wildman–Crippen MR) is 210 cm³/mol. The number of nitrogens with zero attached hydrogens (tertiary/aromatic N) is 2. The first-order valence-corrected chi connectivity index (χ1v) is 16.1. The Labute approximate surface area is 297 Å². The molecule has 7 rings (SSSR count). The fourth-order valence-electron chi connectivity index (χ4n) is 6.72. The Morgan fingerprint density at radius 1 is 0.549 bits per heavy atom. The molecular formula is C45H34N4O2. The van der Waals surface area contributed by atoms with Crippen LogP contribution in [0.4, 0.5) is 17.1 Å². The fourth-order valence-corrected chi connectivity index (χ4v) is 6.72. The lowest BCUT2D eigenvalue weighted by Crippen LogP contribution is -2.14. The van der Waals surface area contributed by atoms with E-state index >= 15 is 0 Å². The highest BCUT2D eigenvalue weighted by molar-refractivity contribution is 6.16. The average molecular weight is 663 g/mol. The second-order valence-corrected chi connectivity index (χ2v) is 12.0. The molecule has 0 unspecified atom stereocenters. The Kier molecular flexibility index (Phi) is 9.44. The van der Waals surface area contributed by atoms with Crippen molar-refractivity contribution in [3.8, 4) is 50.6 Å². The molecule has 2 N–H and O–H groups in total. The molecule has 2 amide bonds. The van der Waals surface area contributed by atoms with E-state index in [0.29, 0.717) is 22.6 Å². The summed E-state index contributed by atoms with van der Waals surface area (Å²) in [6, 6.07) is 45.6. The van der Waals surface area contributed by atoms with Crippen molar-refractivity contribution in [1.82, 2.24) is 0 Å². The highest BCUT2D eigenvalue weighted by Gasteiger charge is 2.22. The van der Waals surface area contributed by atoms with Crippen LogP contribution in [0.25, 0.3) is 70.9 Å². The van der Waals surface area contributed by atoms with Crippen LogP contribution in [0.5, 0.6) is 0 Å². The zero-order valence-electron chi connectivity index (χ0n) is 27.4. The highest BCUT2D eigenvalue weighted by Crippen LogP contribution is 2.47. The van der Waals surface area contributed by atoms with Crippen LogP contribution in [0.3, 0.4) is 0 Å². The maximum Gasteiger partial charge on any atom is 0.221 e. The summed E-state index contributed by atoms with van der Waals surface area (Å²) in [7, 11) is 0. The van der Waals surface area contributed by atoms with Gasteiger partial charge >= 0.3 is 0 Å². The number of anilines is 2. The van der Waals surface area contributed by atoms with Crippen LogP contribution in [0.15, 0.2) is 133 Å². The monoisotopic (exact) mass is 662 g/mol. The van der Waals surface area contributed by atoms with Crippen LogP contribution in [0.1, 0.15) is 26.8 Å². The summed E-state index contributed by atoms with van der Waals surface area (Å²) in [5, 5.41) is 19.5. The first-order valence-electron chi connectivity index (χ1n) is 16.1. The van der Waals surface area contributed by atoms with Gasteiger partial charge in [-0.15, -0.1) is 0 Å². The maximum absolute atomic E-state index is 12.9. The van der Waals surface area contributed by atoms with E-state index in [4.69, 9.17) is 6.57 Å². The van der Waals surface area contributed by atoms with Gasteiger partial charge in [0.15, 0.2) is 5.69 Å². The van der Waals surface area contributed by atoms with E-state index in [-0.39, 0.29) is 19.2 Å². The van der Waals surface area contributed by atoms with Crippen molar-refractivity contribution < 1.29 is 9.59 Å². The van der Waals surface area contributed by atoms with E-state index < -0.39 is 0 Å². The lowest BCUT2D eigenvalue weighted by atomic mass is 9.87. The number of nitriles is 1. The van der Waals surface area contributed by atoms with Gasteiger partial charge in [-0.05, 0) is 67.1 Å². The molecule has 0 aliphatic carbocycles. The van der Waals surface area contributed by atoms with Crippen molar-refractivity contribution >= 4 is 50.4 Å². The zero-order chi connectivity index (χ0) is 34.8. The van der Waals surface area contributed by atoms with Crippen LogP contribution in [-0.2, 0) is 9.59 Å². The summed E-state index contributed by atoms with van der Waals surface area (Å²) in [5.74, 6) is -0.553. The van der Waals surface area contributed by atoms with Gasteiger partial charge in [-0.3, -0.25) is 9.59 Å². The number of hydrogen-bond acceptors (Lipinski definition) is 3. The summed E-state index contributed by atoms with van der Waals surface area (Å²) in [4.78, 5) is 29.4. The third kappa shape index (κ3) is 6.43. The van der Waals surface area contributed by atoms with Gasteiger partial charge in [0.2, 0.25) is 11.8 Å². The highest BCUT2D eigenvalue weighted by atomic mass is 16.2. The number of carbonyl (C=O) groups is 2. The first-order chi connectivity index (χ1) is 24.4. The fraction of sp³-hybridized carbons (Fsp3) is 0.0667. The van der Waals surface area contributed by atoms with Gasteiger partial charge in [-0.2, -0.15) is 5.26 Å². The molecule has 0 atom stereocenters. The molecule has 51 heavy (non-hydrogen) atoms. The number of rotatable bonds is 6. The third-order valence-corrected chi connectivity index (χ3v) is 8.83. The molecule has 0 heterocycles. The van der Waals surface area contributed by atoms with E-state index in [2.05, 4.69) is 57.9 Å². The number of carbonyl (C=O) groups excluding carboxylic acids is 2. The number of nitrogens with one attached hydrogen (secondary N) is 2. The minimum absolute atomic E-state index is 0. The summed E-state index contributed by atoms with van der Waals surface area (Å²) in [6.45, 7) is 10.3. The largest absolute Gasteiger partial charge is 0.324 e. The van der Waals surface area contributed by atoms with Gasteiger partial charge in [0.05, 0.1) is 29.6 Å². The second-order valence-electron chi connectivity index (χ2n) is 12.0. The molecule has 0 aliphatic rings. The minimum Gasteiger partial charge on any atom is -0.324 e. The number of benzene rings is 7. The summed E-state index contributed by atoms with van der Waals surface area (Å²) >= 11 is 0. The van der Waals surface area contributed by atoms with Gasteiger partial charge in [0.25, 0.3) is 0 Å². The van der Waals surface area contributed by atoms with Gasteiger partial charge < -0.3 is 10.6 Å². The summed E-state index contributed by atoms with van der Waals surface area (Å²) in [5.41, 5.74) is 9.24. The van der Waals surface area contributed by atoms with E-state index in [1.54, 1.807) is 12.1 Å². The predicted octanol–water partition coefficient (Wildman–Crippen LogP) is 11.6. The molecule has 0 saturated heterocycles. The molecule has 0 saturated carbocycles. The SMILES string of the molecule is C.[C-]#[N+]c1ccc(-c2cccc3cccc(-c4ccc(-c5cccc6cccc(-c7ccc(C#N)cc7)c56)c(NC(C)=O)c4NC(C)=O)c23)cc1. The number of fused-ring (bicyclic) bond motifs is 2. The van der Waals surface area contributed by atoms with Crippen LogP contribution in [-0.4, -0.2) is 11.8 Å². The molecule has 6 nitrogen and oxygen atoms in total. The molecule has 7 aromatic carbocycles. The van der Waals surface area contributed by atoms with Gasteiger partial charge in [0.1, 0.15) is 0 Å². The molecule has 0 aliphatic heterocycles. The van der Waals surface area contributed by atoms with E-state index in [0.717, 1.165) is 66.1 Å². The molecule has 246 valence electrons. The summed E-state index contributed by atoms with van der Waals surface area (Å²) in [6.07, 6.45) is 0. The van der Waals surface area contributed by atoms with Crippen molar-refractivity contribution in [1.29, 1.82) is 5.26 Å². The first kappa shape index (κ1) is 33.9. The van der Waals surface area contributed by atoms with Crippen molar-refractivity contribution in [2.24, 2.45) is 0 Å². The number of hydrogen-bond donors (Lipinski definition) is 2. The van der Waals surface area contributed by atoms with Crippen LogP contribution < -0.4 is 10.6 Å². The topological polar surface area (TPSA) is 86.3 Å². The Morgan fingerprint density at radius 3 is 1.31 bits per heavy atom. The molecule has 0 fully saturated rings. The van der Waals surface area contributed by atoms with Gasteiger partial charge in [-0.25, -0.2) is 4.85 Å². The van der Waals surface area contributed by atoms with Crippen LogP contribution >= 0.6 is 0 Å². The minimum atomic E-state index is -0.277. The molecule has 0 aromatic heterocycles. The zero-order valence-corrected chi connectivity index (χ0v) is 27.4. The van der Waals surface area contributed by atoms with Gasteiger partial charge in [0, 0.05) is 25.0 Å². The van der Waals surface area contributed by atoms with E-state index in [9.17, 15) is 14.9 Å². The summed E-state index contributed by atoms with van der Waals surface area (Å²) < 4.78 is 0. The van der Waals surface area contributed by atoms with Crippen molar-refractivity contribution in [2.45, 2.75) is 21.3 Å². The van der Waals surface area contributed by atoms with Crippen molar-refractivity contribution in [2.75, 3.05) is 10.6 Å². The standard InChI is InChI=1S/C44H30N4O2.CH4/c1-27(49)47-43-39(37-14-6-10-32-8-4-12-35(41(32)37)30-18-16-29(26-45)17-19-30)24-25-40(44(43)48-28(2)50)38-15-7-11-33-9-5-13-36(42(33)38)31-20-22-34(46-3)23-21-31;/h4-25H,1-2H3,(H,47,49)(H,48,50);1H4. The third-order valence-electron chi connectivity index (χ3n) is 8.83. The average Bonchev–Trinajstić information content (AvgIpc) is 3.14. The molecule has 0 radical (unpaired) electrons. The maximum atomic E-state index is 12.9. The molecular weight excluding hydrogens is 629 g/mol. The Morgan fingerprint density at radius 2 is 0.941 bits per heavy atom. The lowest BCUT2D eigenvalue weighted by molar-refractivity contribution is -0.115. The Bertz CT molecular complexity index is 2370. The van der Waals surface area contributed by atoms with Crippen LogP contribution in [0.2, 0.25) is 0 Å². The Balaban J connectivity index is 0.00000448. The normalized spacial score (nSPS) is 10.5. The quantitative estimate of drug-likeness (QED) is 0.174. The van der Waals surface area contributed by atoms with E-state index in [1.807, 2.05) is 84.9 Å². The Hall–Kier alpha value is -7.02. The number of amides is 2. The molecule has 7 aromatic rings. The smallest absolute Gasteiger partial charge is 0.221 e. The molecule has 6 heteroatoms. The second kappa shape index (κ2) is 14.2.